The monoisotopic (exact) mass is 382 g/mol. The first-order valence-electron chi connectivity index (χ1n) is 10.2. The van der Waals surface area contributed by atoms with Gasteiger partial charge in [-0.25, -0.2) is 0 Å². The van der Waals surface area contributed by atoms with E-state index in [2.05, 4.69) is 10.2 Å². The van der Waals surface area contributed by atoms with Crippen molar-refractivity contribution in [1.82, 2.24) is 10.2 Å². The van der Waals surface area contributed by atoms with E-state index in [1.54, 1.807) is 0 Å². The Bertz CT molecular complexity index is 698. The van der Waals surface area contributed by atoms with Crippen LogP contribution in [0.5, 0.6) is 11.5 Å². The van der Waals surface area contributed by atoms with Crippen molar-refractivity contribution in [1.29, 1.82) is 0 Å². The summed E-state index contributed by atoms with van der Waals surface area (Å²) < 4.78 is 11.3. The van der Waals surface area contributed by atoms with E-state index in [1.165, 1.54) is 32.4 Å². The van der Waals surface area contributed by atoms with Crippen LogP contribution in [0.4, 0.5) is 0 Å². The highest BCUT2D eigenvalue weighted by atomic mass is 16.5. The minimum atomic E-state index is -0.0805. The van der Waals surface area contributed by atoms with Gasteiger partial charge in [-0.05, 0) is 68.7 Å². The summed E-state index contributed by atoms with van der Waals surface area (Å²) in [6, 6.07) is 17.4. The molecule has 28 heavy (non-hydrogen) atoms. The summed E-state index contributed by atoms with van der Waals surface area (Å²) in [5.74, 6) is 1.36. The number of nitrogens with one attached hydrogen (secondary N) is 1. The van der Waals surface area contributed by atoms with Gasteiger partial charge in [0.1, 0.15) is 18.1 Å². The number of piperidine rings is 1. The second-order valence-electron chi connectivity index (χ2n) is 7.14. The molecule has 0 bridgehead atoms. The molecule has 5 nitrogen and oxygen atoms in total. The normalized spacial score (nSPS) is 14.4. The molecule has 0 unspecified atom stereocenters. The van der Waals surface area contributed by atoms with Crippen LogP contribution in [0.15, 0.2) is 54.6 Å². The van der Waals surface area contributed by atoms with Gasteiger partial charge in [-0.1, -0.05) is 36.8 Å². The maximum absolute atomic E-state index is 11.9. The Balaban J connectivity index is 1.29. The van der Waals surface area contributed by atoms with E-state index in [0.29, 0.717) is 18.9 Å². The average molecular weight is 383 g/mol. The van der Waals surface area contributed by atoms with Gasteiger partial charge in [0.15, 0.2) is 6.61 Å². The van der Waals surface area contributed by atoms with Gasteiger partial charge >= 0.3 is 0 Å². The van der Waals surface area contributed by atoms with E-state index >= 15 is 0 Å². The van der Waals surface area contributed by atoms with E-state index in [4.69, 9.17) is 9.47 Å². The Hall–Kier alpha value is -2.53. The summed E-state index contributed by atoms with van der Waals surface area (Å²) in [6.07, 6.45) is 4.94. The molecule has 0 aromatic heterocycles. The first kappa shape index (κ1) is 20.2. The van der Waals surface area contributed by atoms with Crippen LogP contribution >= 0.6 is 0 Å². The molecule has 0 saturated carbocycles. The highest BCUT2D eigenvalue weighted by molar-refractivity contribution is 5.77. The number of benzene rings is 2. The molecule has 1 fully saturated rings. The third-order valence-corrected chi connectivity index (χ3v) is 4.86. The molecule has 0 spiro atoms. The topological polar surface area (TPSA) is 50.8 Å². The number of likely N-dealkylation sites (tertiary alicyclic amines) is 1. The predicted octanol–water partition coefficient (Wildman–Crippen LogP) is 3.64. The van der Waals surface area contributed by atoms with Crippen LogP contribution < -0.4 is 14.8 Å². The van der Waals surface area contributed by atoms with Crippen molar-refractivity contribution >= 4 is 5.91 Å². The summed E-state index contributed by atoms with van der Waals surface area (Å²) in [5.41, 5.74) is 1.12. The maximum atomic E-state index is 11.9. The van der Waals surface area contributed by atoms with Crippen molar-refractivity contribution in [3.8, 4) is 11.5 Å². The van der Waals surface area contributed by atoms with Gasteiger partial charge in [0, 0.05) is 6.54 Å². The Kier molecular flexibility index (Phi) is 8.19. The fourth-order valence-corrected chi connectivity index (χ4v) is 3.29. The van der Waals surface area contributed by atoms with Crippen LogP contribution in [-0.4, -0.2) is 43.6 Å². The number of carbonyl (C=O) groups is 1. The van der Waals surface area contributed by atoms with E-state index in [1.807, 2.05) is 54.6 Å². The summed E-state index contributed by atoms with van der Waals surface area (Å²) >= 11 is 0. The molecule has 1 aliphatic rings. The van der Waals surface area contributed by atoms with Crippen LogP contribution in [0.1, 0.15) is 31.2 Å². The fourth-order valence-electron chi connectivity index (χ4n) is 3.29. The second kappa shape index (κ2) is 11.3. The minimum absolute atomic E-state index is 0.0356. The lowest BCUT2D eigenvalue weighted by Gasteiger charge is -2.26. The van der Waals surface area contributed by atoms with Gasteiger partial charge in [0.05, 0.1) is 0 Å². The molecular weight excluding hydrogens is 352 g/mol. The lowest BCUT2D eigenvalue weighted by molar-refractivity contribution is -0.123. The standard InChI is InChI=1S/C23H30N2O3/c26-23(24-14-7-17-25-15-5-2-6-16-25)19-28-22-12-10-21(11-13-22)27-18-20-8-3-1-4-9-20/h1,3-4,8-13H,2,5-7,14-19H2,(H,24,26). The molecule has 0 radical (unpaired) electrons. The molecule has 5 heteroatoms. The quantitative estimate of drug-likeness (QED) is 0.638. The van der Waals surface area contributed by atoms with Crippen LogP contribution in [0, 0.1) is 0 Å². The van der Waals surface area contributed by atoms with E-state index < -0.39 is 0 Å². The second-order valence-corrected chi connectivity index (χ2v) is 7.14. The molecule has 2 aromatic carbocycles. The summed E-state index contributed by atoms with van der Waals surface area (Å²) in [6.45, 7) is 4.72. The Morgan fingerprint density at radius 2 is 1.57 bits per heavy atom. The molecule has 1 saturated heterocycles. The van der Waals surface area contributed by atoms with Crippen LogP contribution in [0.25, 0.3) is 0 Å². The fraction of sp³-hybridized carbons (Fsp3) is 0.435. The average Bonchev–Trinajstić information content (AvgIpc) is 2.76. The smallest absolute Gasteiger partial charge is 0.257 e. The molecule has 1 amide bonds. The third kappa shape index (κ3) is 7.24. The number of ether oxygens (including phenoxy) is 2. The number of amides is 1. The van der Waals surface area contributed by atoms with Gasteiger partial charge < -0.3 is 19.7 Å². The molecular formula is C23H30N2O3. The molecule has 150 valence electrons. The molecule has 1 N–H and O–H groups in total. The minimum Gasteiger partial charge on any atom is -0.489 e. The van der Waals surface area contributed by atoms with E-state index in [-0.39, 0.29) is 12.5 Å². The third-order valence-electron chi connectivity index (χ3n) is 4.86. The van der Waals surface area contributed by atoms with Crippen LogP contribution in [0.2, 0.25) is 0 Å². The Morgan fingerprint density at radius 3 is 2.29 bits per heavy atom. The van der Waals surface area contributed by atoms with Gasteiger partial charge in [0.2, 0.25) is 0 Å². The Morgan fingerprint density at radius 1 is 0.893 bits per heavy atom. The summed E-state index contributed by atoms with van der Waals surface area (Å²) in [7, 11) is 0. The lowest BCUT2D eigenvalue weighted by atomic mass is 10.1. The molecule has 3 rings (SSSR count). The highest BCUT2D eigenvalue weighted by Gasteiger charge is 2.09. The first-order chi connectivity index (χ1) is 13.8. The largest absolute Gasteiger partial charge is 0.489 e. The molecule has 1 heterocycles. The first-order valence-corrected chi connectivity index (χ1v) is 10.2. The van der Waals surface area contributed by atoms with Gasteiger partial charge in [-0.2, -0.15) is 0 Å². The zero-order chi connectivity index (χ0) is 19.4. The van der Waals surface area contributed by atoms with Gasteiger partial charge in [-0.3, -0.25) is 4.79 Å². The predicted molar refractivity (Wildman–Crippen MR) is 111 cm³/mol. The van der Waals surface area contributed by atoms with Crippen LogP contribution in [-0.2, 0) is 11.4 Å². The Labute approximate surface area is 167 Å². The molecule has 2 aromatic rings. The van der Waals surface area contributed by atoms with E-state index in [0.717, 1.165) is 24.3 Å². The van der Waals surface area contributed by atoms with Crippen LogP contribution in [0.3, 0.4) is 0 Å². The number of hydrogen-bond acceptors (Lipinski definition) is 4. The number of carbonyl (C=O) groups excluding carboxylic acids is 1. The molecule has 0 atom stereocenters. The summed E-state index contributed by atoms with van der Waals surface area (Å²) in [5, 5.41) is 2.93. The van der Waals surface area contributed by atoms with Gasteiger partial charge in [0.25, 0.3) is 5.91 Å². The summed E-state index contributed by atoms with van der Waals surface area (Å²) in [4.78, 5) is 14.4. The van der Waals surface area contributed by atoms with Crippen molar-refractivity contribution in [3.05, 3.63) is 60.2 Å². The van der Waals surface area contributed by atoms with Gasteiger partial charge in [-0.15, -0.1) is 0 Å². The lowest BCUT2D eigenvalue weighted by Crippen LogP contribution is -2.34. The van der Waals surface area contributed by atoms with E-state index in [9.17, 15) is 4.79 Å². The number of hydrogen-bond donors (Lipinski definition) is 1. The highest BCUT2D eigenvalue weighted by Crippen LogP contribution is 2.18. The number of rotatable bonds is 10. The maximum Gasteiger partial charge on any atom is 0.257 e. The molecule has 0 aliphatic carbocycles. The zero-order valence-corrected chi connectivity index (χ0v) is 16.4. The SMILES string of the molecule is O=C(COc1ccc(OCc2ccccc2)cc1)NCCCN1CCCCC1. The zero-order valence-electron chi connectivity index (χ0n) is 16.4. The van der Waals surface area contributed by atoms with Crippen molar-refractivity contribution in [2.45, 2.75) is 32.3 Å². The molecule has 1 aliphatic heterocycles. The van der Waals surface area contributed by atoms with Crippen molar-refractivity contribution in [2.24, 2.45) is 0 Å². The number of nitrogens with zero attached hydrogens (tertiary/aromatic N) is 1. The van der Waals surface area contributed by atoms with Crippen molar-refractivity contribution in [3.63, 3.8) is 0 Å². The van der Waals surface area contributed by atoms with Crippen molar-refractivity contribution in [2.75, 3.05) is 32.8 Å². The van der Waals surface area contributed by atoms with Crippen molar-refractivity contribution < 1.29 is 14.3 Å².